The van der Waals surface area contributed by atoms with Gasteiger partial charge in [0.25, 0.3) is 0 Å². The summed E-state index contributed by atoms with van der Waals surface area (Å²) in [5.41, 5.74) is 0.889. The molecule has 0 spiro atoms. The van der Waals surface area contributed by atoms with E-state index in [-0.39, 0.29) is 0 Å². The molecule has 1 aromatic carbocycles. The molecule has 0 saturated carbocycles. The molecule has 0 aliphatic carbocycles. The molecule has 1 aromatic heterocycles. The summed E-state index contributed by atoms with van der Waals surface area (Å²) in [5.74, 6) is 0.491. The van der Waals surface area contributed by atoms with E-state index < -0.39 is 0 Å². The van der Waals surface area contributed by atoms with Gasteiger partial charge in [0.2, 0.25) is 5.82 Å². The Morgan fingerprint density at radius 3 is 2.08 bits per heavy atom. The minimum atomic E-state index is 0.491. The second-order valence-corrected chi connectivity index (χ2v) is 2.16. The summed E-state index contributed by atoms with van der Waals surface area (Å²) in [6, 6.07) is 9.50. The van der Waals surface area contributed by atoms with Crippen molar-refractivity contribution in [2.75, 3.05) is 0 Å². The average Bonchev–Trinajstić information content (AvgIpc) is 2.21. The lowest BCUT2D eigenvalue weighted by molar-refractivity contribution is 0.687. The fraction of sp³-hybridized carbons (Fsp3) is 0. The van der Waals surface area contributed by atoms with E-state index in [4.69, 9.17) is 0 Å². The first-order chi connectivity index (χ1) is 5.97. The molecule has 0 amide bonds. The van der Waals surface area contributed by atoms with Gasteiger partial charge in [-0.05, 0) is 15.6 Å². The standard InChI is InChI=1S/C7H5N5/c1-2-4-6(5-3-1)7-8-10-12-11-9-7/h1-5H. The van der Waals surface area contributed by atoms with Gasteiger partial charge in [0.05, 0.1) is 0 Å². The van der Waals surface area contributed by atoms with Crippen molar-refractivity contribution in [3.63, 3.8) is 0 Å². The Labute approximate surface area is 68.5 Å². The number of hydrogen-bond acceptors (Lipinski definition) is 5. The van der Waals surface area contributed by atoms with Crippen molar-refractivity contribution < 1.29 is 0 Å². The predicted octanol–water partition coefficient (Wildman–Crippen LogP) is 0.329. The van der Waals surface area contributed by atoms with Gasteiger partial charge in [-0.2, -0.15) is 0 Å². The highest BCUT2D eigenvalue weighted by Crippen LogP contribution is 2.09. The van der Waals surface area contributed by atoms with Gasteiger partial charge in [-0.1, -0.05) is 30.3 Å². The normalized spacial score (nSPS) is 9.67. The number of hydrogen-bond donors (Lipinski definition) is 0. The zero-order valence-corrected chi connectivity index (χ0v) is 6.12. The second-order valence-electron chi connectivity index (χ2n) is 2.16. The van der Waals surface area contributed by atoms with E-state index in [1.54, 1.807) is 0 Å². The lowest BCUT2D eigenvalue weighted by Crippen LogP contribution is -1.97. The third-order valence-electron chi connectivity index (χ3n) is 1.39. The molecule has 2 aromatic rings. The minimum Gasteiger partial charge on any atom is -0.106 e. The number of benzene rings is 1. The number of nitrogens with zero attached hydrogens (tertiary/aromatic N) is 5. The molecule has 2 rings (SSSR count). The Hall–Kier alpha value is -1.91. The van der Waals surface area contributed by atoms with E-state index >= 15 is 0 Å². The smallest absolute Gasteiger partial charge is 0.106 e. The number of aromatic nitrogens is 5. The summed E-state index contributed by atoms with van der Waals surface area (Å²) < 4.78 is 0. The van der Waals surface area contributed by atoms with Crippen LogP contribution in [-0.4, -0.2) is 25.8 Å². The SMILES string of the molecule is c1ccc(-c2nnnnn2)cc1. The van der Waals surface area contributed by atoms with Gasteiger partial charge in [0.15, 0.2) is 0 Å². The largest absolute Gasteiger partial charge is 0.207 e. The van der Waals surface area contributed by atoms with Crippen LogP contribution in [0.3, 0.4) is 0 Å². The molecule has 0 aliphatic rings. The minimum absolute atomic E-state index is 0.491. The van der Waals surface area contributed by atoms with Crippen molar-refractivity contribution in [2.45, 2.75) is 0 Å². The Kier molecular flexibility index (Phi) is 1.69. The number of rotatable bonds is 1. The van der Waals surface area contributed by atoms with Crippen molar-refractivity contribution in [3.05, 3.63) is 30.3 Å². The molecule has 0 atom stereocenters. The van der Waals surface area contributed by atoms with E-state index in [0.29, 0.717) is 5.82 Å². The Balaban J connectivity index is 2.46. The molecule has 0 aliphatic heterocycles. The maximum absolute atomic E-state index is 3.71. The van der Waals surface area contributed by atoms with Crippen LogP contribution < -0.4 is 0 Å². The van der Waals surface area contributed by atoms with Gasteiger partial charge in [-0.25, -0.2) is 0 Å². The first kappa shape index (κ1) is 6.78. The van der Waals surface area contributed by atoms with Crippen LogP contribution in [0.4, 0.5) is 0 Å². The molecule has 58 valence electrons. The molecule has 1 heterocycles. The maximum Gasteiger partial charge on any atom is 0.207 e. The third-order valence-corrected chi connectivity index (χ3v) is 1.39. The molecule has 5 heteroatoms. The Morgan fingerprint density at radius 2 is 1.42 bits per heavy atom. The second kappa shape index (κ2) is 3.00. The molecule has 5 nitrogen and oxygen atoms in total. The van der Waals surface area contributed by atoms with Crippen LogP contribution in [0.1, 0.15) is 0 Å². The van der Waals surface area contributed by atoms with Crippen molar-refractivity contribution in [1.29, 1.82) is 0 Å². The highest BCUT2D eigenvalue weighted by atomic mass is 15.5. The van der Waals surface area contributed by atoms with Crippen LogP contribution in [0.15, 0.2) is 30.3 Å². The van der Waals surface area contributed by atoms with Crippen LogP contribution in [0.5, 0.6) is 0 Å². The van der Waals surface area contributed by atoms with Gasteiger partial charge < -0.3 is 0 Å². The monoisotopic (exact) mass is 159 g/mol. The van der Waals surface area contributed by atoms with E-state index in [1.165, 1.54) is 0 Å². The highest BCUT2D eigenvalue weighted by Gasteiger charge is 1.98. The van der Waals surface area contributed by atoms with Crippen molar-refractivity contribution in [2.24, 2.45) is 0 Å². The molecule has 0 saturated heterocycles. The van der Waals surface area contributed by atoms with Crippen LogP contribution >= 0.6 is 0 Å². The van der Waals surface area contributed by atoms with Gasteiger partial charge in [-0.15, -0.1) is 10.2 Å². The van der Waals surface area contributed by atoms with E-state index in [9.17, 15) is 0 Å². The van der Waals surface area contributed by atoms with Gasteiger partial charge in [0, 0.05) is 5.56 Å². The molecule has 0 unspecified atom stereocenters. The first-order valence-electron chi connectivity index (χ1n) is 3.41. The molecule has 0 fully saturated rings. The van der Waals surface area contributed by atoms with Crippen molar-refractivity contribution in [1.82, 2.24) is 25.8 Å². The Bertz CT molecular complexity index is 309. The quantitative estimate of drug-likeness (QED) is 0.599. The Morgan fingerprint density at radius 1 is 0.750 bits per heavy atom. The van der Waals surface area contributed by atoms with Crippen LogP contribution in [0, 0.1) is 0 Å². The molecular weight excluding hydrogens is 154 g/mol. The molecular formula is C7H5N5. The van der Waals surface area contributed by atoms with Crippen LogP contribution in [-0.2, 0) is 0 Å². The fourth-order valence-electron chi connectivity index (χ4n) is 0.865. The van der Waals surface area contributed by atoms with E-state index in [2.05, 4.69) is 25.8 Å². The van der Waals surface area contributed by atoms with E-state index in [1.807, 2.05) is 30.3 Å². The summed E-state index contributed by atoms with van der Waals surface area (Å²) in [5, 5.41) is 17.5. The van der Waals surface area contributed by atoms with Crippen LogP contribution in [0.2, 0.25) is 0 Å². The summed E-state index contributed by atoms with van der Waals surface area (Å²) in [7, 11) is 0. The van der Waals surface area contributed by atoms with Crippen molar-refractivity contribution in [3.8, 4) is 11.4 Å². The molecule has 0 N–H and O–H groups in total. The fourth-order valence-corrected chi connectivity index (χ4v) is 0.865. The molecule has 0 radical (unpaired) electrons. The van der Waals surface area contributed by atoms with Crippen LogP contribution in [0.25, 0.3) is 11.4 Å². The molecule has 12 heavy (non-hydrogen) atoms. The summed E-state index contributed by atoms with van der Waals surface area (Å²) in [6.07, 6.45) is 0. The van der Waals surface area contributed by atoms with Gasteiger partial charge in [-0.3, -0.25) is 0 Å². The summed E-state index contributed by atoms with van der Waals surface area (Å²) in [6.45, 7) is 0. The zero-order valence-electron chi connectivity index (χ0n) is 6.12. The van der Waals surface area contributed by atoms with Gasteiger partial charge >= 0.3 is 0 Å². The lowest BCUT2D eigenvalue weighted by Gasteiger charge is -1.93. The topological polar surface area (TPSA) is 64.5 Å². The third kappa shape index (κ3) is 1.24. The molecule has 0 bridgehead atoms. The lowest BCUT2D eigenvalue weighted by atomic mass is 10.2. The van der Waals surface area contributed by atoms with E-state index in [0.717, 1.165) is 5.56 Å². The van der Waals surface area contributed by atoms with Crippen molar-refractivity contribution >= 4 is 0 Å². The summed E-state index contributed by atoms with van der Waals surface area (Å²) in [4.78, 5) is 0. The zero-order chi connectivity index (χ0) is 8.23. The highest BCUT2D eigenvalue weighted by molar-refractivity contribution is 5.52. The maximum atomic E-state index is 3.71. The first-order valence-corrected chi connectivity index (χ1v) is 3.41. The average molecular weight is 159 g/mol. The summed E-state index contributed by atoms with van der Waals surface area (Å²) >= 11 is 0. The van der Waals surface area contributed by atoms with Gasteiger partial charge in [0.1, 0.15) is 0 Å². The predicted molar refractivity (Wildman–Crippen MR) is 40.9 cm³/mol.